The van der Waals surface area contributed by atoms with Gasteiger partial charge in [-0.2, -0.15) is 5.26 Å². The molecule has 31 heavy (non-hydrogen) atoms. The second-order valence-corrected chi connectivity index (χ2v) is 7.27. The smallest absolute Gasteiger partial charge is 0.322 e. The number of nitrogens with zero attached hydrogens (tertiary/aromatic N) is 1. The van der Waals surface area contributed by atoms with Crippen LogP contribution in [0.5, 0.6) is 0 Å². The summed E-state index contributed by atoms with van der Waals surface area (Å²) in [6.07, 6.45) is 0. The van der Waals surface area contributed by atoms with Gasteiger partial charge in [-0.3, -0.25) is 14.9 Å². The largest absolute Gasteiger partial charge is 0.322 e. The summed E-state index contributed by atoms with van der Waals surface area (Å²) in [4.78, 5) is 36.9. The van der Waals surface area contributed by atoms with Gasteiger partial charge in [0, 0.05) is 16.8 Å². The molecule has 1 unspecified atom stereocenters. The average Bonchev–Trinajstić information content (AvgIpc) is 3.06. The van der Waals surface area contributed by atoms with Crippen LogP contribution in [0.25, 0.3) is 11.1 Å². The molecule has 7 nitrogen and oxygen atoms in total. The van der Waals surface area contributed by atoms with Gasteiger partial charge in [0.25, 0.3) is 11.8 Å². The van der Waals surface area contributed by atoms with Gasteiger partial charge in [-0.1, -0.05) is 48.5 Å². The summed E-state index contributed by atoms with van der Waals surface area (Å²) in [7, 11) is 0. The molecule has 4 rings (SSSR count). The van der Waals surface area contributed by atoms with Crippen molar-refractivity contribution in [3.8, 4) is 17.2 Å². The Morgan fingerprint density at radius 2 is 1.68 bits per heavy atom. The highest BCUT2D eigenvalue weighted by atomic mass is 16.2. The molecule has 7 heteroatoms. The van der Waals surface area contributed by atoms with Gasteiger partial charge < -0.3 is 10.6 Å². The van der Waals surface area contributed by atoms with Crippen LogP contribution in [-0.2, 0) is 10.3 Å². The van der Waals surface area contributed by atoms with Crippen LogP contribution in [0.2, 0.25) is 0 Å². The third-order valence-corrected chi connectivity index (χ3v) is 5.25. The Morgan fingerprint density at radius 1 is 0.968 bits per heavy atom. The lowest BCUT2D eigenvalue weighted by molar-refractivity contribution is -0.123. The zero-order valence-electron chi connectivity index (χ0n) is 16.6. The molecule has 4 amide bonds. The quantitative estimate of drug-likeness (QED) is 0.571. The van der Waals surface area contributed by atoms with Crippen LogP contribution in [0.15, 0.2) is 72.8 Å². The van der Waals surface area contributed by atoms with Crippen LogP contribution in [0.4, 0.5) is 10.5 Å². The number of amides is 4. The molecular weight excluding hydrogens is 392 g/mol. The molecule has 3 aromatic rings. The molecule has 3 aromatic carbocycles. The highest BCUT2D eigenvalue weighted by Gasteiger charge is 2.43. The molecule has 0 bridgehead atoms. The van der Waals surface area contributed by atoms with Crippen LogP contribution in [0.3, 0.4) is 0 Å². The number of urea groups is 1. The fraction of sp³-hybridized carbons (Fsp3) is 0.0833. The molecule has 1 aliphatic rings. The van der Waals surface area contributed by atoms with Crippen LogP contribution < -0.4 is 16.0 Å². The fourth-order valence-corrected chi connectivity index (χ4v) is 3.58. The molecule has 0 aliphatic carbocycles. The van der Waals surface area contributed by atoms with Crippen molar-refractivity contribution in [3.63, 3.8) is 0 Å². The van der Waals surface area contributed by atoms with Gasteiger partial charge in [-0.25, -0.2) is 4.79 Å². The normalized spacial score (nSPS) is 17.4. The molecule has 0 saturated carbocycles. The maximum absolute atomic E-state index is 13.1. The summed E-state index contributed by atoms with van der Waals surface area (Å²) in [5, 5.41) is 17.1. The van der Waals surface area contributed by atoms with Gasteiger partial charge in [0.05, 0.1) is 11.6 Å². The number of nitrogens with one attached hydrogen (secondary N) is 3. The Labute approximate surface area is 178 Å². The molecule has 152 valence electrons. The SMILES string of the molecule is CC1(c2cccc(NC(=O)c3ccccc3-c3ccccc3C#N)c2)NC(=O)NC1=O. The number of imide groups is 1. The van der Waals surface area contributed by atoms with E-state index in [0.717, 1.165) is 0 Å². The van der Waals surface area contributed by atoms with Crippen LogP contribution in [0, 0.1) is 11.3 Å². The summed E-state index contributed by atoms with van der Waals surface area (Å²) < 4.78 is 0. The number of carbonyl (C=O) groups is 3. The third-order valence-electron chi connectivity index (χ3n) is 5.25. The van der Waals surface area contributed by atoms with Crippen molar-refractivity contribution >= 4 is 23.5 Å². The maximum Gasteiger partial charge on any atom is 0.322 e. The second kappa shape index (κ2) is 7.76. The summed E-state index contributed by atoms with van der Waals surface area (Å²) in [6, 6.07) is 22.5. The first-order chi connectivity index (χ1) is 14.9. The van der Waals surface area contributed by atoms with E-state index in [1.807, 2.05) is 12.1 Å². The Morgan fingerprint density at radius 3 is 2.39 bits per heavy atom. The van der Waals surface area contributed by atoms with Gasteiger partial charge in [0.1, 0.15) is 5.54 Å². The maximum atomic E-state index is 13.1. The number of anilines is 1. The lowest BCUT2D eigenvalue weighted by atomic mass is 9.92. The molecule has 0 spiro atoms. The minimum absolute atomic E-state index is 0.356. The summed E-state index contributed by atoms with van der Waals surface area (Å²) in [6.45, 7) is 1.60. The molecule has 1 atom stereocenters. The zero-order valence-corrected chi connectivity index (χ0v) is 16.6. The van der Waals surface area contributed by atoms with Gasteiger partial charge >= 0.3 is 6.03 Å². The average molecular weight is 410 g/mol. The number of nitriles is 1. The minimum atomic E-state index is -1.22. The number of benzene rings is 3. The molecule has 3 N–H and O–H groups in total. The van der Waals surface area contributed by atoms with Crippen molar-refractivity contribution in [2.75, 3.05) is 5.32 Å². The van der Waals surface area contributed by atoms with Gasteiger partial charge in [0.15, 0.2) is 0 Å². The molecular formula is C24H18N4O3. The third kappa shape index (κ3) is 3.63. The fourth-order valence-electron chi connectivity index (χ4n) is 3.58. The lowest BCUT2D eigenvalue weighted by Gasteiger charge is -2.22. The molecule has 1 heterocycles. The number of carbonyl (C=O) groups excluding carboxylic acids is 3. The van der Waals surface area contributed by atoms with Crippen molar-refractivity contribution in [2.45, 2.75) is 12.5 Å². The van der Waals surface area contributed by atoms with Gasteiger partial charge in [-0.15, -0.1) is 0 Å². The van der Waals surface area contributed by atoms with Crippen molar-refractivity contribution in [1.29, 1.82) is 5.26 Å². The van der Waals surface area contributed by atoms with E-state index < -0.39 is 17.5 Å². The van der Waals surface area contributed by atoms with E-state index in [9.17, 15) is 19.6 Å². The van der Waals surface area contributed by atoms with E-state index in [-0.39, 0.29) is 5.91 Å². The molecule has 1 fully saturated rings. The van der Waals surface area contributed by atoms with Crippen molar-refractivity contribution in [1.82, 2.24) is 10.6 Å². The van der Waals surface area contributed by atoms with E-state index in [4.69, 9.17) is 0 Å². The Kier molecular flexibility index (Phi) is 4.97. The monoisotopic (exact) mass is 410 g/mol. The van der Waals surface area contributed by atoms with E-state index >= 15 is 0 Å². The van der Waals surface area contributed by atoms with Crippen LogP contribution in [0.1, 0.15) is 28.4 Å². The van der Waals surface area contributed by atoms with Crippen molar-refractivity contribution < 1.29 is 14.4 Å². The van der Waals surface area contributed by atoms with E-state index in [1.54, 1.807) is 67.6 Å². The first-order valence-corrected chi connectivity index (χ1v) is 9.56. The minimum Gasteiger partial charge on any atom is -0.322 e. The zero-order chi connectivity index (χ0) is 22.0. The number of hydrogen-bond donors (Lipinski definition) is 3. The standard InChI is InChI=1S/C24H18N4O3/c1-24(22(30)27-23(31)28-24)16-8-6-9-17(13-16)26-21(29)20-12-5-4-11-19(20)18-10-3-2-7-15(18)14-25/h2-13H,1H3,(H,26,29)(H2,27,28,30,31). The van der Waals surface area contributed by atoms with E-state index in [1.165, 1.54) is 0 Å². The first kappa shape index (κ1) is 19.9. The highest BCUT2D eigenvalue weighted by molar-refractivity contribution is 6.10. The lowest BCUT2D eigenvalue weighted by Crippen LogP contribution is -2.40. The van der Waals surface area contributed by atoms with Gasteiger partial charge in [-0.05, 0) is 42.3 Å². The second-order valence-electron chi connectivity index (χ2n) is 7.27. The molecule has 0 radical (unpaired) electrons. The van der Waals surface area contributed by atoms with Gasteiger partial charge in [0.2, 0.25) is 0 Å². The highest BCUT2D eigenvalue weighted by Crippen LogP contribution is 2.29. The van der Waals surface area contributed by atoms with Crippen molar-refractivity contribution in [2.24, 2.45) is 0 Å². The van der Waals surface area contributed by atoms with Crippen LogP contribution in [-0.4, -0.2) is 17.8 Å². The van der Waals surface area contributed by atoms with Crippen molar-refractivity contribution in [3.05, 3.63) is 89.5 Å². The Hall–Kier alpha value is -4.44. The molecule has 0 aromatic heterocycles. The predicted molar refractivity (Wildman–Crippen MR) is 115 cm³/mol. The molecule has 1 saturated heterocycles. The molecule has 1 aliphatic heterocycles. The topological polar surface area (TPSA) is 111 Å². The van der Waals surface area contributed by atoms with E-state index in [2.05, 4.69) is 22.0 Å². The first-order valence-electron chi connectivity index (χ1n) is 9.56. The summed E-state index contributed by atoms with van der Waals surface area (Å²) in [5.74, 6) is -0.815. The Balaban J connectivity index is 1.66. The summed E-state index contributed by atoms with van der Waals surface area (Å²) >= 11 is 0. The summed E-state index contributed by atoms with van der Waals surface area (Å²) in [5.41, 5.74) is 1.99. The predicted octanol–water partition coefficient (Wildman–Crippen LogP) is 3.53. The number of hydrogen-bond acceptors (Lipinski definition) is 4. The Bertz CT molecular complexity index is 1260. The van der Waals surface area contributed by atoms with Crippen LogP contribution >= 0.6 is 0 Å². The number of rotatable bonds is 4. The van der Waals surface area contributed by atoms with E-state index in [0.29, 0.717) is 33.5 Å².